The molecule has 1 saturated heterocycles. The molecular formula is C42H64N8O10. The summed E-state index contributed by atoms with van der Waals surface area (Å²) >= 11 is 0. The number of unbranched alkanes of at least 4 members (excludes halogenated alkanes) is 2. The maximum atomic E-state index is 14.5. The Morgan fingerprint density at radius 3 is 1.17 bits per heavy atom. The molecule has 9 aliphatic rings. The van der Waals surface area contributed by atoms with Crippen LogP contribution in [0.5, 0.6) is 0 Å². The zero-order valence-electron chi connectivity index (χ0n) is 34.5. The highest BCUT2D eigenvalue weighted by Gasteiger charge is 2.63. The fourth-order valence-electron chi connectivity index (χ4n) is 13.5. The highest BCUT2D eigenvalue weighted by atomic mass is 16.4. The molecule has 332 valence electrons. The molecule has 0 aromatic rings. The first-order chi connectivity index (χ1) is 28.5. The second-order valence-electron chi connectivity index (χ2n) is 20.0. The number of carboxylic acids is 2. The van der Waals surface area contributed by atoms with E-state index in [2.05, 4.69) is 31.9 Å². The van der Waals surface area contributed by atoms with Crippen LogP contribution in [-0.2, 0) is 38.4 Å². The van der Waals surface area contributed by atoms with Gasteiger partial charge in [0.2, 0.25) is 35.4 Å². The lowest BCUT2D eigenvalue weighted by atomic mass is 9.46. The Morgan fingerprint density at radius 1 is 0.500 bits per heavy atom. The summed E-state index contributed by atoms with van der Waals surface area (Å²) in [6.07, 6.45) is 7.61. The first-order valence-corrected chi connectivity index (χ1v) is 22.2. The monoisotopic (exact) mass is 840 g/mol. The van der Waals surface area contributed by atoms with Gasteiger partial charge in [-0.1, -0.05) is 0 Å². The molecule has 8 aliphatic carbocycles. The maximum absolute atomic E-state index is 14.5. The van der Waals surface area contributed by atoms with Crippen LogP contribution in [-0.4, -0.2) is 106 Å². The molecule has 0 radical (unpaired) electrons. The molecule has 6 amide bonds. The van der Waals surface area contributed by atoms with Crippen molar-refractivity contribution in [1.82, 2.24) is 31.9 Å². The van der Waals surface area contributed by atoms with Crippen LogP contribution in [0.15, 0.2) is 0 Å². The predicted octanol–water partition coefficient (Wildman–Crippen LogP) is 0.0570. The van der Waals surface area contributed by atoms with Gasteiger partial charge in [0, 0.05) is 11.1 Å². The molecule has 18 nitrogen and oxygen atoms in total. The largest absolute Gasteiger partial charge is 0.481 e. The average Bonchev–Trinajstić information content (AvgIpc) is 3.14. The van der Waals surface area contributed by atoms with Gasteiger partial charge in [0.1, 0.15) is 24.2 Å². The van der Waals surface area contributed by atoms with Gasteiger partial charge in [0.15, 0.2) is 0 Å². The van der Waals surface area contributed by atoms with E-state index in [0.29, 0.717) is 90.1 Å². The van der Waals surface area contributed by atoms with E-state index in [1.165, 1.54) is 0 Å². The Morgan fingerprint density at radius 2 is 0.850 bits per heavy atom. The summed E-state index contributed by atoms with van der Waals surface area (Å²) in [5.41, 5.74) is 7.89. The highest BCUT2D eigenvalue weighted by Crippen LogP contribution is 2.63. The van der Waals surface area contributed by atoms with Gasteiger partial charge in [-0.3, -0.25) is 38.4 Å². The Hall–Kier alpha value is -4.32. The van der Waals surface area contributed by atoms with Gasteiger partial charge in [-0.15, -0.1) is 0 Å². The van der Waals surface area contributed by atoms with Crippen molar-refractivity contribution in [2.45, 2.75) is 164 Å². The fraction of sp³-hybridized carbons (Fsp3) is 0.810. The van der Waals surface area contributed by atoms with E-state index >= 15 is 0 Å². The number of carbonyl (C=O) groups excluding carboxylic acids is 6. The molecule has 9 rings (SSSR count). The molecule has 1 heterocycles. The van der Waals surface area contributed by atoms with Crippen molar-refractivity contribution in [2.75, 3.05) is 13.1 Å². The van der Waals surface area contributed by atoms with Gasteiger partial charge in [-0.05, 0) is 152 Å². The van der Waals surface area contributed by atoms with Crippen LogP contribution < -0.4 is 43.4 Å². The number of rotatable bonds is 12. The van der Waals surface area contributed by atoms with Crippen molar-refractivity contribution in [3.63, 3.8) is 0 Å². The topological polar surface area (TPSA) is 301 Å². The van der Waals surface area contributed by atoms with Gasteiger partial charge in [-0.25, -0.2) is 0 Å². The quantitative estimate of drug-likeness (QED) is 0.117. The lowest BCUT2D eigenvalue weighted by Crippen LogP contribution is -2.69. The van der Waals surface area contributed by atoms with Crippen LogP contribution in [0, 0.1) is 34.5 Å². The second-order valence-corrected chi connectivity index (χ2v) is 20.0. The summed E-state index contributed by atoms with van der Waals surface area (Å²) in [4.78, 5) is 110. The molecule has 2 unspecified atom stereocenters. The van der Waals surface area contributed by atoms with E-state index in [9.17, 15) is 48.6 Å². The number of aliphatic carboxylic acids is 2. The lowest BCUT2D eigenvalue weighted by molar-refractivity contribution is -0.157. The molecule has 0 aromatic heterocycles. The first-order valence-electron chi connectivity index (χ1n) is 22.2. The molecule has 60 heavy (non-hydrogen) atoms. The molecule has 4 spiro atoms. The molecule has 8 saturated carbocycles. The Balaban J connectivity index is 1.25. The number of carbonyl (C=O) groups is 8. The van der Waals surface area contributed by atoms with E-state index in [4.69, 9.17) is 11.5 Å². The molecule has 12 N–H and O–H groups in total. The zero-order valence-corrected chi connectivity index (χ0v) is 34.5. The third-order valence-electron chi connectivity index (χ3n) is 15.0. The number of amides is 6. The normalized spacial score (nSPS) is 40.2. The Kier molecular flexibility index (Phi) is 12.6. The Labute approximate surface area is 350 Å². The summed E-state index contributed by atoms with van der Waals surface area (Å²) in [6, 6.07) is -5.15. The minimum absolute atomic E-state index is 0.0642. The molecule has 9 fully saturated rings. The highest BCUT2D eigenvalue weighted by molar-refractivity contribution is 5.97. The van der Waals surface area contributed by atoms with Crippen LogP contribution in [0.3, 0.4) is 0 Å². The van der Waals surface area contributed by atoms with Gasteiger partial charge in [-0.2, -0.15) is 0 Å². The average molecular weight is 841 g/mol. The summed E-state index contributed by atoms with van der Waals surface area (Å²) in [7, 11) is 0. The first kappa shape index (κ1) is 43.8. The summed E-state index contributed by atoms with van der Waals surface area (Å²) in [6.45, 7) is 0.708. The van der Waals surface area contributed by atoms with E-state index in [-0.39, 0.29) is 49.4 Å². The molecule has 8 atom stereocenters. The lowest BCUT2D eigenvalue weighted by Gasteiger charge is -2.61. The van der Waals surface area contributed by atoms with Crippen LogP contribution in [0.2, 0.25) is 0 Å². The van der Waals surface area contributed by atoms with Crippen molar-refractivity contribution in [2.24, 2.45) is 46.0 Å². The smallest absolute Gasteiger partial charge is 0.305 e. The van der Waals surface area contributed by atoms with E-state index in [0.717, 1.165) is 12.8 Å². The maximum Gasteiger partial charge on any atom is 0.305 e. The van der Waals surface area contributed by atoms with Crippen LogP contribution in [0.25, 0.3) is 0 Å². The molecule has 8 bridgehead atoms. The third-order valence-corrected chi connectivity index (χ3v) is 15.0. The molecule has 1 aliphatic heterocycles. The molecular weight excluding hydrogens is 777 g/mol. The van der Waals surface area contributed by atoms with Crippen molar-refractivity contribution >= 4 is 47.4 Å². The summed E-state index contributed by atoms with van der Waals surface area (Å²) in [5.74, 6) is -5.85. The minimum atomic E-state index is -1.48. The van der Waals surface area contributed by atoms with Gasteiger partial charge < -0.3 is 53.6 Å². The van der Waals surface area contributed by atoms with E-state index in [1.54, 1.807) is 0 Å². The summed E-state index contributed by atoms with van der Waals surface area (Å²) < 4.78 is 0. The number of hydrogen-bond acceptors (Lipinski definition) is 10. The van der Waals surface area contributed by atoms with Crippen molar-refractivity contribution in [1.29, 1.82) is 0 Å². The van der Waals surface area contributed by atoms with Crippen molar-refractivity contribution < 1.29 is 48.6 Å². The van der Waals surface area contributed by atoms with Gasteiger partial charge in [0.25, 0.3) is 0 Å². The number of nitrogens with one attached hydrogen (secondary N) is 6. The SMILES string of the molecule is NCCCCC1NC(=O)[C@H](CC(=O)O)NC(=O)C23C[C@@H]4C[C@H](CC(C4)(C2)NC(=O)C(CCCCN)NC(=O)[C@H](CC(=O)O)NC(=O)C24C[C@@H]5C[C@H](CC(C5)(C2)NC1=O)C4)C3. The van der Waals surface area contributed by atoms with Crippen LogP contribution in [0.1, 0.15) is 128 Å². The predicted molar refractivity (Wildman–Crippen MR) is 214 cm³/mol. The minimum Gasteiger partial charge on any atom is -0.481 e. The van der Waals surface area contributed by atoms with E-state index in [1.807, 2.05) is 0 Å². The van der Waals surface area contributed by atoms with Gasteiger partial charge >= 0.3 is 11.9 Å². The van der Waals surface area contributed by atoms with Crippen molar-refractivity contribution in [3.05, 3.63) is 0 Å². The third kappa shape index (κ3) is 9.14. The fourth-order valence-corrected chi connectivity index (χ4v) is 13.5. The Bertz CT molecular complexity index is 1600. The zero-order chi connectivity index (χ0) is 43.0. The van der Waals surface area contributed by atoms with Crippen LogP contribution in [0.4, 0.5) is 0 Å². The van der Waals surface area contributed by atoms with Gasteiger partial charge in [0.05, 0.1) is 23.7 Å². The second kappa shape index (κ2) is 17.2. The number of carboxylic acid groups (broad SMARTS) is 2. The number of nitrogens with two attached hydrogens (primary N) is 2. The standard InChI is InChI=1S/C42H64N8O10/c43-7-3-1-5-27-35(57)49-41-17-23-9-24(18-41)14-39(13-23,21-41)38(60)48-30(12-32(53)54)34(56)46-28(6-2-4-8-44)36(58)50-42-19-25-10-26(20-42)16-40(15-25,22-42)37(59)47-29(11-31(51)52)33(55)45-27/h23-30H,1-22,43-44H2,(H,45,55)(H,46,56)(H,47,59)(H,48,60)(H,49,57)(H,50,58)(H,51,52)(H,53,54)/t23-,24-,25-,26-,27?,28?,29-,30-,39?,40?,41?,42?/m0/s1. The van der Waals surface area contributed by atoms with E-state index < -0.39 is 106 Å². The van der Waals surface area contributed by atoms with Crippen molar-refractivity contribution in [3.8, 4) is 0 Å². The molecule has 18 heteroatoms. The number of hydrogen-bond donors (Lipinski definition) is 10. The van der Waals surface area contributed by atoms with Crippen LogP contribution >= 0.6 is 0 Å². The summed E-state index contributed by atoms with van der Waals surface area (Å²) in [5, 5.41) is 37.5. The molecule has 0 aromatic carbocycles.